The number of nitrogens with zero attached hydrogens (tertiary/aromatic N) is 2. The monoisotopic (exact) mass is 561 g/mol. The van der Waals surface area contributed by atoms with E-state index in [1.165, 1.54) is 9.21 Å². The van der Waals surface area contributed by atoms with Crippen molar-refractivity contribution in [3.05, 3.63) is 63.1 Å². The first-order valence-corrected chi connectivity index (χ1v) is 14.0. The number of amides is 2. The summed E-state index contributed by atoms with van der Waals surface area (Å²) in [6.07, 6.45) is 1.36. The van der Waals surface area contributed by atoms with Gasteiger partial charge in [-0.2, -0.15) is 0 Å². The minimum absolute atomic E-state index is 0.0249. The molecule has 11 heteroatoms. The molecule has 2 amide bonds. The maximum Gasteiger partial charge on any atom is 0.242 e. The third-order valence-electron chi connectivity index (χ3n) is 5.20. The molecule has 0 aliphatic carbocycles. The van der Waals surface area contributed by atoms with Crippen molar-refractivity contribution in [2.75, 3.05) is 17.1 Å². The Hall–Kier alpha value is -2.00. The molecule has 35 heavy (non-hydrogen) atoms. The van der Waals surface area contributed by atoms with Crippen molar-refractivity contribution in [1.29, 1.82) is 0 Å². The van der Waals surface area contributed by atoms with Gasteiger partial charge in [-0.3, -0.25) is 13.9 Å². The number of carbonyl (C=O) groups excluding carboxylic acids is 2. The summed E-state index contributed by atoms with van der Waals surface area (Å²) in [7, 11) is -3.60. The molecule has 0 aliphatic heterocycles. The maximum absolute atomic E-state index is 13.3. The summed E-state index contributed by atoms with van der Waals surface area (Å²) in [6.45, 7) is 5.50. The van der Waals surface area contributed by atoms with Crippen molar-refractivity contribution in [3.8, 4) is 0 Å². The van der Waals surface area contributed by atoms with Crippen LogP contribution in [0.2, 0.25) is 15.1 Å². The number of benzene rings is 2. The van der Waals surface area contributed by atoms with E-state index in [1.807, 2.05) is 13.8 Å². The quantitative estimate of drug-likeness (QED) is 0.411. The second kappa shape index (κ2) is 12.8. The highest BCUT2D eigenvalue weighted by Crippen LogP contribution is 2.25. The van der Waals surface area contributed by atoms with Crippen LogP contribution < -0.4 is 9.62 Å². The molecule has 0 heterocycles. The van der Waals surface area contributed by atoms with E-state index in [-0.39, 0.29) is 43.8 Å². The Labute approximate surface area is 222 Å². The third kappa shape index (κ3) is 8.86. The summed E-state index contributed by atoms with van der Waals surface area (Å²) in [6, 6.07) is 10.6. The molecule has 2 aromatic carbocycles. The van der Waals surface area contributed by atoms with Crippen LogP contribution in [0.3, 0.4) is 0 Å². The highest BCUT2D eigenvalue weighted by atomic mass is 35.5. The third-order valence-corrected chi connectivity index (χ3v) is 7.22. The zero-order valence-corrected chi connectivity index (χ0v) is 23.2. The summed E-state index contributed by atoms with van der Waals surface area (Å²) in [5.74, 6) is -0.600. The van der Waals surface area contributed by atoms with Crippen LogP contribution >= 0.6 is 34.8 Å². The SMILES string of the molecule is CC(C)NC(=O)[C@H](C)N(Cc1ccc(Cl)cc1Cl)C(=O)CCCN(c1cccc(Cl)c1)S(C)(=O)=O. The minimum Gasteiger partial charge on any atom is -0.352 e. The Morgan fingerprint density at radius 2 is 1.66 bits per heavy atom. The smallest absolute Gasteiger partial charge is 0.242 e. The van der Waals surface area contributed by atoms with Crippen molar-refractivity contribution in [1.82, 2.24) is 10.2 Å². The van der Waals surface area contributed by atoms with Gasteiger partial charge in [-0.25, -0.2) is 8.42 Å². The first kappa shape index (κ1) is 29.2. The Morgan fingerprint density at radius 1 is 1.00 bits per heavy atom. The molecule has 1 atom stereocenters. The molecule has 2 rings (SSSR count). The first-order chi connectivity index (χ1) is 16.3. The van der Waals surface area contributed by atoms with Gasteiger partial charge in [-0.15, -0.1) is 0 Å². The lowest BCUT2D eigenvalue weighted by Crippen LogP contribution is -2.49. The molecule has 0 saturated heterocycles. The molecular formula is C24H30Cl3N3O4S. The van der Waals surface area contributed by atoms with E-state index >= 15 is 0 Å². The number of hydrogen-bond acceptors (Lipinski definition) is 4. The Balaban J connectivity index is 2.20. The lowest BCUT2D eigenvalue weighted by molar-refractivity contribution is -0.140. The Kier molecular flexibility index (Phi) is 10.7. The van der Waals surface area contributed by atoms with E-state index in [0.29, 0.717) is 26.3 Å². The van der Waals surface area contributed by atoms with Gasteiger partial charge in [-0.1, -0.05) is 46.9 Å². The van der Waals surface area contributed by atoms with Gasteiger partial charge in [0.25, 0.3) is 0 Å². The number of carbonyl (C=O) groups is 2. The summed E-state index contributed by atoms with van der Waals surface area (Å²) in [5, 5.41) is 4.07. The fraction of sp³-hybridized carbons (Fsp3) is 0.417. The number of hydrogen-bond donors (Lipinski definition) is 1. The van der Waals surface area contributed by atoms with Crippen molar-refractivity contribution in [3.63, 3.8) is 0 Å². The second-order valence-electron chi connectivity index (χ2n) is 8.52. The van der Waals surface area contributed by atoms with Gasteiger partial charge in [0.15, 0.2) is 0 Å². The standard InChI is InChI=1S/C24H30Cl3N3O4S/c1-16(2)28-24(32)17(3)29(15-18-10-11-20(26)14-22(18)27)23(31)9-6-12-30(35(4,33)34)21-8-5-7-19(25)13-21/h5,7-8,10-11,13-14,16-17H,6,9,12,15H2,1-4H3,(H,28,32)/t17-/m0/s1. The van der Waals surface area contributed by atoms with Crippen LogP contribution in [0.1, 0.15) is 39.2 Å². The average Bonchev–Trinajstić information content (AvgIpc) is 2.74. The summed E-state index contributed by atoms with van der Waals surface area (Å²) in [5.41, 5.74) is 1.06. The highest BCUT2D eigenvalue weighted by Gasteiger charge is 2.27. The van der Waals surface area contributed by atoms with E-state index in [4.69, 9.17) is 34.8 Å². The molecule has 0 spiro atoms. The first-order valence-electron chi connectivity index (χ1n) is 11.1. The van der Waals surface area contributed by atoms with Gasteiger partial charge < -0.3 is 10.2 Å². The molecule has 1 N–H and O–H groups in total. The van der Waals surface area contributed by atoms with Crippen molar-refractivity contribution in [2.24, 2.45) is 0 Å². The number of sulfonamides is 1. The molecule has 0 bridgehead atoms. The molecular weight excluding hydrogens is 533 g/mol. The second-order valence-corrected chi connectivity index (χ2v) is 11.7. The normalized spacial score (nSPS) is 12.3. The predicted molar refractivity (Wildman–Crippen MR) is 143 cm³/mol. The van der Waals surface area contributed by atoms with Crippen LogP contribution in [0.5, 0.6) is 0 Å². The van der Waals surface area contributed by atoms with Crippen LogP contribution in [0.4, 0.5) is 5.69 Å². The van der Waals surface area contributed by atoms with Crippen molar-refractivity contribution >= 4 is 62.3 Å². The van der Waals surface area contributed by atoms with Crippen LogP contribution in [0.15, 0.2) is 42.5 Å². The van der Waals surface area contributed by atoms with Crippen molar-refractivity contribution < 1.29 is 18.0 Å². The van der Waals surface area contributed by atoms with Crippen molar-refractivity contribution in [2.45, 2.75) is 52.2 Å². The molecule has 0 aromatic heterocycles. The van der Waals surface area contributed by atoms with Gasteiger partial charge in [0.1, 0.15) is 6.04 Å². The van der Waals surface area contributed by atoms with E-state index in [9.17, 15) is 18.0 Å². The molecule has 0 fully saturated rings. The fourth-order valence-electron chi connectivity index (χ4n) is 3.46. The van der Waals surface area contributed by atoms with Gasteiger partial charge in [-0.05, 0) is 63.1 Å². The zero-order chi connectivity index (χ0) is 26.3. The Bertz CT molecular complexity index is 1160. The average molecular weight is 563 g/mol. The number of anilines is 1. The minimum atomic E-state index is -3.60. The van der Waals surface area contributed by atoms with E-state index in [1.54, 1.807) is 49.4 Å². The number of nitrogens with one attached hydrogen (secondary N) is 1. The molecule has 0 saturated carbocycles. The molecule has 2 aromatic rings. The van der Waals surface area contributed by atoms with Gasteiger partial charge in [0.2, 0.25) is 21.8 Å². The largest absolute Gasteiger partial charge is 0.352 e. The molecule has 0 unspecified atom stereocenters. The molecule has 0 radical (unpaired) electrons. The summed E-state index contributed by atoms with van der Waals surface area (Å²) < 4.78 is 25.9. The van der Waals surface area contributed by atoms with E-state index < -0.39 is 16.1 Å². The highest BCUT2D eigenvalue weighted by molar-refractivity contribution is 7.92. The lowest BCUT2D eigenvalue weighted by Gasteiger charge is -2.30. The lowest BCUT2D eigenvalue weighted by atomic mass is 10.1. The van der Waals surface area contributed by atoms with Crippen LogP contribution in [0.25, 0.3) is 0 Å². The summed E-state index contributed by atoms with van der Waals surface area (Å²) >= 11 is 18.3. The van der Waals surface area contributed by atoms with Gasteiger partial charge >= 0.3 is 0 Å². The van der Waals surface area contributed by atoms with Gasteiger partial charge in [0, 0.05) is 40.6 Å². The maximum atomic E-state index is 13.3. The molecule has 0 aliphatic rings. The van der Waals surface area contributed by atoms with Crippen LogP contribution in [0, 0.1) is 0 Å². The molecule has 7 nitrogen and oxygen atoms in total. The van der Waals surface area contributed by atoms with Crippen LogP contribution in [-0.4, -0.2) is 50.0 Å². The number of halogens is 3. The zero-order valence-electron chi connectivity index (χ0n) is 20.1. The predicted octanol–water partition coefficient (Wildman–Crippen LogP) is 5.13. The molecule has 192 valence electrons. The van der Waals surface area contributed by atoms with Gasteiger partial charge in [0.05, 0.1) is 11.9 Å². The van der Waals surface area contributed by atoms with E-state index in [2.05, 4.69) is 5.32 Å². The van der Waals surface area contributed by atoms with E-state index in [0.717, 1.165) is 6.26 Å². The number of rotatable bonds is 11. The summed E-state index contributed by atoms with van der Waals surface area (Å²) in [4.78, 5) is 27.4. The fourth-order valence-corrected chi connectivity index (χ4v) is 5.07. The topological polar surface area (TPSA) is 86.8 Å². The Morgan fingerprint density at radius 3 is 2.23 bits per heavy atom. The van der Waals surface area contributed by atoms with Crippen LogP contribution in [-0.2, 0) is 26.2 Å².